The van der Waals surface area contributed by atoms with Gasteiger partial charge in [-0.2, -0.15) is 0 Å². The van der Waals surface area contributed by atoms with E-state index in [1.54, 1.807) is 73.8 Å². The fourth-order valence-corrected chi connectivity index (χ4v) is 4.96. The van der Waals surface area contributed by atoms with E-state index in [9.17, 15) is 14.4 Å². The summed E-state index contributed by atoms with van der Waals surface area (Å²) in [7, 11) is 3.94. The highest BCUT2D eigenvalue weighted by Gasteiger charge is 2.65. The largest absolute Gasteiger partial charge is 0.497 e. The Kier molecular flexibility index (Phi) is 6.87. The molecular formula is C28H26O7. The standard InChI is InChI=1S/C28H26O7/c1-32-20-15-13-18(14-16-20)23-17-19-9-7-8-12-22(19)24(25(29)35-21-10-5-4-6-11-21)28(23,26(30)33-2)27(31)34-3/h4-16,23-24H,17H2,1-3H3/t23-,24-/m1/s1. The molecule has 4 rings (SSSR count). The van der Waals surface area contributed by atoms with Crippen molar-refractivity contribution in [2.45, 2.75) is 18.3 Å². The zero-order chi connectivity index (χ0) is 25.0. The average molecular weight is 475 g/mol. The van der Waals surface area contributed by atoms with Crippen molar-refractivity contribution in [1.29, 1.82) is 0 Å². The van der Waals surface area contributed by atoms with Crippen LogP contribution in [-0.4, -0.2) is 39.2 Å². The molecule has 0 unspecified atom stereocenters. The third-order valence-electron chi connectivity index (χ3n) is 6.56. The molecule has 3 aromatic rings. The van der Waals surface area contributed by atoms with E-state index in [0.29, 0.717) is 29.0 Å². The second-order valence-corrected chi connectivity index (χ2v) is 8.25. The van der Waals surface area contributed by atoms with Crippen molar-refractivity contribution in [3.63, 3.8) is 0 Å². The van der Waals surface area contributed by atoms with Crippen molar-refractivity contribution >= 4 is 17.9 Å². The number of carbonyl (C=O) groups is 3. The van der Waals surface area contributed by atoms with Crippen LogP contribution in [0.15, 0.2) is 78.9 Å². The molecule has 0 radical (unpaired) electrons. The fourth-order valence-electron chi connectivity index (χ4n) is 4.96. The maximum atomic E-state index is 13.8. The normalized spacial score (nSPS) is 18.0. The minimum Gasteiger partial charge on any atom is -0.497 e. The Morgan fingerprint density at radius 1 is 0.743 bits per heavy atom. The van der Waals surface area contributed by atoms with Crippen LogP contribution in [0, 0.1) is 5.41 Å². The summed E-state index contributed by atoms with van der Waals surface area (Å²) in [4.78, 5) is 41.0. The molecule has 7 nitrogen and oxygen atoms in total. The summed E-state index contributed by atoms with van der Waals surface area (Å²) in [6.45, 7) is 0. The number of fused-ring (bicyclic) bond motifs is 1. The van der Waals surface area contributed by atoms with Gasteiger partial charge in [0.2, 0.25) is 0 Å². The van der Waals surface area contributed by atoms with Gasteiger partial charge >= 0.3 is 17.9 Å². The van der Waals surface area contributed by atoms with Crippen molar-refractivity contribution < 1.29 is 33.3 Å². The molecule has 0 N–H and O–H groups in total. The minimum absolute atomic E-state index is 0.296. The molecule has 0 aliphatic heterocycles. The molecular weight excluding hydrogens is 448 g/mol. The average Bonchev–Trinajstić information content (AvgIpc) is 2.91. The maximum Gasteiger partial charge on any atom is 0.325 e. The summed E-state index contributed by atoms with van der Waals surface area (Å²) >= 11 is 0. The highest BCUT2D eigenvalue weighted by molar-refractivity contribution is 6.08. The van der Waals surface area contributed by atoms with Gasteiger partial charge in [0.15, 0.2) is 5.41 Å². The van der Waals surface area contributed by atoms with Gasteiger partial charge in [0.25, 0.3) is 0 Å². The van der Waals surface area contributed by atoms with Crippen LogP contribution < -0.4 is 9.47 Å². The van der Waals surface area contributed by atoms with Gasteiger partial charge in [-0.15, -0.1) is 0 Å². The third kappa shape index (κ3) is 4.14. The first kappa shape index (κ1) is 24.0. The molecule has 7 heteroatoms. The van der Waals surface area contributed by atoms with Gasteiger partial charge in [0, 0.05) is 5.92 Å². The predicted octanol–water partition coefficient (Wildman–Crippen LogP) is 4.06. The molecule has 0 saturated carbocycles. The number of benzene rings is 3. The molecule has 3 aromatic carbocycles. The first-order chi connectivity index (χ1) is 17.0. The van der Waals surface area contributed by atoms with Crippen LogP contribution >= 0.6 is 0 Å². The molecule has 35 heavy (non-hydrogen) atoms. The molecule has 0 bridgehead atoms. The van der Waals surface area contributed by atoms with E-state index in [2.05, 4.69) is 0 Å². The number of para-hydroxylation sites is 1. The van der Waals surface area contributed by atoms with Gasteiger partial charge in [-0.05, 0) is 47.4 Å². The highest BCUT2D eigenvalue weighted by Crippen LogP contribution is 2.55. The molecule has 1 aliphatic carbocycles. The molecule has 0 fully saturated rings. The van der Waals surface area contributed by atoms with E-state index in [4.69, 9.17) is 18.9 Å². The number of ether oxygens (including phenoxy) is 4. The number of hydrogen-bond acceptors (Lipinski definition) is 7. The quantitative estimate of drug-likeness (QED) is 0.302. The van der Waals surface area contributed by atoms with Crippen LogP contribution in [0.25, 0.3) is 0 Å². The summed E-state index contributed by atoms with van der Waals surface area (Å²) < 4.78 is 21.3. The van der Waals surface area contributed by atoms with Crippen LogP contribution in [0.1, 0.15) is 28.5 Å². The topological polar surface area (TPSA) is 88.1 Å². The molecule has 1 aliphatic rings. The van der Waals surface area contributed by atoms with E-state index < -0.39 is 35.2 Å². The van der Waals surface area contributed by atoms with E-state index in [1.165, 1.54) is 14.2 Å². The fraction of sp³-hybridized carbons (Fsp3) is 0.250. The Hall–Kier alpha value is -4.13. The maximum absolute atomic E-state index is 13.8. The lowest BCUT2D eigenvalue weighted by molar-refractivity contribution is -0.178. The van der Waals surface area contributed by atoms with Gasteiger partial charge in [0.1, 0.15) is 17.4 Å². The number of methoxy groups -OCH3 is 3. The summed E-state index contributed by atoms with van der Waals surface area (Å²) in [5.74, 6) is -3.64. The van der Waals surface area contributed by atoms with Crippen molar-refractivity contribution in [3.8, 4) is 11.5 Å². The molecule has 0 aromatic heterocycles. The van der Waals surface area contributed by atoms with Gasteiger partial charge in [-0.25, -0.2) is 0 Å². The van der Waals surface area contributed by atoms with Gasteiger partial charge < -0.3 is 18.9 Å². The summed E-state index contributed by atoms with van der Waals surface area (Å²) in [6, 6.07) is 22.8. The zero-order valence-electron chi connectivity index (χ0n) is 19.7. The van der Waals surface area contributed by atoms with Gasteiger partial charge in [0.05, 0.1) is 21.3 Å². The van der Waals surface area contributed by atoms with Crippen LogP contribution in [0.5, 0.6) is 11.5 Å². The predicted molar refractivity (Wildman–Crippen MR) is 127 cm³/mol. The SMILES string of the molecule is COC(=O)C1(C(=O)OC)[C@@H](c2ccc(OC)cc2)Cc2ccccc2[C@@H]1C(=O)Oc1ccccc1. The number of esters is 3. The van der Waals surface area contributed by atoms with E-state index in [0.717, 1.165) is 5.56 Å². The third-order valence-corrected chi connectivity index (χ3v) is 6.56. The number of rotatable bonds is 6. The van der Waals surface area contributed by atoms with Crippen molar-refractivity contribution in [3.05, 3.63) is 95.6 Å². The van der Waals surface area contributed by atoms with Crippen LogP contribution in [0.4, 0.5) is 0 Å². The summed E-state index contributed by atoms with van der Waals surface area (Å²) in [6.07, 6.45) is 0.307. The van der Waals surface area contributed by atoms with Gasteiger partial charge in [-0.3, -0.25) is 14.4 Å². The summed E-state index contributed by atoms with van der Waals surface area (Å²) in [5.41, 5.74) is -0.00690. The second-order valence-electron chi connectivity index (χ2n) is 8.25. The van der Waals surface area contributed by atoms with Crippen molar-refractivity contribution in [2.75, 3.05) is 21.3 Å². The molecule has 0 heterocycles. The van der Waals surface area contributed by atoms with E-state index in [1.807, 2.05) is 12.1 Å². The van der Waals surface area contributed by atoms with Crippen molar-refractivity contribution in [2.24, 2.45) is 5.41 Å². The monoisotopic (exact) mass is 474 g/mol. The smallest absolute Gasteiger partial charge is 0.325 e. The van der Waals surface area contributed by atoms with Crippen LogP contribution in [0.2, 0.25) is 0 Å². The zero-order valence-corrected chi connectivity index (χ0v) is 19.7. The Balaban J connectivity index is 1.97. The minimum atomic E-state index is -2.02. The van der Waals surface area contributed by atoms with E-state index >= 15 is 0 Å². The molecule has 0 saturated heterocycles. The Labute approximate surface area is 203 Å². The Morgan fingerprint density at radius 3 is 1.94 bits per heavy atom. The highest BCUT2D eigenvalue weighted by atomic mass is 16.6. The number of hydrogen-bond donors (Lipinski definition) is 0. The van der Waals surface area contributed by atoms with Crippen molar-refractivity contribution in [1.82, 2.24) is 0 Å². The molecule has 180 valence electrons. The molecule has 0 spiro atoms. The van der Waals surface area contributed by atoms with Crippen LogP contribution in [-0.2, 0) is 30.3 Å². The first-order valence-corrected chi connectivity index (χ1v) is 11.1. The first-order valence-electron chi connectivity index (χ1n) is 11.1. The Bertz CT molecular complexity index is 1200. The summed E-state index contributed by atoms with van der Waals surface area (Å²) in [5, 5.41) is 0. The molecule has 0 amide bonds. The lowest BCUT2D eigenvalue weighted by Gasteiger charge is -2.44. The van der Waals surface area contributed by atoms with E-state index in [-0.39, 0.29) is 0 Å². The lowest BCUT2D eigenvalue weighted by Crippen LogP contribution is -2.56. The number of carbonyl (C=O) groups excluding carboxylic acids is 3. The lowest BCUT2D eigenvalue weighted by atomic mass is 9.56. The Morgan fingerprint density at radius 2 is 1.34 bits per heavy atom. The van der Waals surface area contributed by atoms with Gasteiger partial charge in [-0.1, -0.05) is 54.6 Å². The second kappa shape index (κ2) is 10.0. The van der Waals surface area contributed by atoms with Crippen LogP contribution in [0.3, 0.4) is 0 Å². The molecule has 2 atom stereocenters.